The number of nitrogens with one attached hydrogen (secondary N) is 1. The molecule has 3 rings (SSSR count). The van der Waals surface area contributed by atoms with Crippen LogP contribution in [0.2, 0.25) is 0 Å². The lowest BCUT2D eigenvalue weighted by molar-refractivity contribution is -0.124. The van der Waals surface area contributed by atoms with Gasteiger partial charge in [-0.15, -0.1) is 0 Å². The predicted molar refractivity (Wildman–Crippen MR) is 70.4 cm³/mol. The number of hydrogen-bond acceptors (Lipinski definition) is 2. The minimum atomic E-state index is -0.479. The SMILES string of the molecule is NC(=S)C1(C(=O)NCC2CC3CCC2C3)CC1. The molecule has 3 fully saturated rings. The average Bonchev–Trinajstić information content (AvgIpc) is 2.88. The number of fused-ring (bicyclic) bond motifs is 2. The highest BCUT2D eigenvalue weighted by molar-refractivity contribution is 7.80. The van der Waals surface area contributed by atoms with Crippen molar-refractivity contribution in [1.29, 1.82) is 0 Å². The summed E-state index contributed by atoms with van der Waals surface area (Å²) in [7, 11) is 0. The van der Waals surface area contributed by atoms with Gasteiger partial charge in [0.1, 0.15) is 0 Å². The van der Waals surface area contributed by atoms with Gasteiger partial charge in [-0.1, -0.05) is 18.6 Å². The fourth-order valence-electron chi connectivity index (χ4n) is 3.73. The van der Waals surface area contributed by atoms with Crippen molar-refractivity contribution in [2.45, 2.75) is 38.5 Å². The van der Waals surface area contributed by atoms with E-state index in [-0.39, 0.29) is 5.91 Å². The summed E-state index contributed by atoms with van der Waals surface area (Å²) < 4.78 is 0. The highest BCUT2D eigenvalue weighted by Crippen LogP contribution is 2.49. The molecule has 0 heterocycles. The van der Waals surface area contributed by atoms with Crippen LogP contribution in [0.4, 0.5) is 0 Å². The largest absolute Gasteiger partial charge is 0.392 e. The monoisotopic (exact) mass is 252 g/mol. The zero-order valence-corrected chi connectivity index (χ0v) is 10.9. The highest BCUT2D eigenvalue weighted by atomic mass is 32.1. The predicted octanol–water partition coefficient (Wildman–Crippen LogP) is 1.61. The molecule has 3 unspecified atom stereocenters. The minimum Gasteiger partial charge on any atom is -0.392 e. The van der Waals surface area contributed by atoms with Crippen LogP contribution in [-0.4, -0.2) is 17.4 Å². The van der Waals surface area contributed by atoms with E-state index >= 15 is 0 Å². The maximum Gasteiger partial charge on any atom is 0.233 e. The first-order valence-corrected chi connectivity index (χ1v) is 7.11. The molecule has 3 aliphatic rings. The summed E-state index contributed by atoms with van der Waals surface area (Å²) in [4.78, 5) is 12.4. The molecule has 3 N–H and O–H groups in total. The lowest BCUT2D eigenvalue weighted by atomic mass is 9.88. The Kier molecular flexibility index (Phi) is 2.65. The molecule has 0 aliphatic heterocycles. The van der Waals surface area contributed by atoms with Gasteiger partial charge in [0.15, 0.2) is 0 Å². The van der Waals surface area contributed by atoms with Crippen molar-refractivity contribution in [3.63, 3.8) is 0 Å². The summed E-state index contributed by atoms with van der Waals surface area (Å²) in [6.07, 6.45) is 7.15. The third kappa shape index (κ3) is 1.86. The quantitative estimate of drug-likeness (QED) is 0.747. The second kappa shape index (κ2) is 3.94. The van der Waals surface area contributed by atoms with Gasteiger partial charge in [-0.25, -0.2) is 0 Å². The van der Waals surface area contributed by atoms with Crippen LogP contribution >= 0.6 is 12.2 Å². The first-order valence-electron chi connectivity index (χ1n) is 6.70. The summed E-state index contributed by atoms with van der Waals surface area (Å²) in [6.45, 7) is 0.838. The zero-order chi connectivity index (χ0) is 12.0. The Morgan fingerprint density at radius 3 is 2.59 bits per heavy atom. The number of carbonyl (C=O) groups is 1. The Bertz CT molecular complexity index is 364. The van der Waals surface area contributed by atoms with E-state index in [1.54, 1.807) is 0 Å². The molecule has 3 nitrogen and oxygen atoms in total. The second-order valence-corrected chi connectivity index (χ2v) is 6.53. The number of thiocarbonyl (C=S) groups is 1. The maximum absolute atomic E-state index is 12.1. The third-order valence-corrected chi connectivity index (χ3v) is 5.46. The van der Waals surface area contributed by atoms with Gasteiger partial charge in [-0.05, 0) is 49.9 Å². The van der Waals surface area contributed by atoms with E-state index in [9.17, 15) is 4.79 Å². The Morgan fingerprint density at radius 2 is 2.12 bits per heavy atom. The average molecular weight is 252 g/mol. The van der Waals surface area contributed by atoms with Gasteiger partial charge in [0, 0.05) is 6.54 Å². The van der Waals surface area contributed by atoms with E-state index in [1.165, 1.54) is 25.7 Å². The zero-order valence-electron chi connectivity index (χ0n) is 10.1. The molecule has 3 saturated carbocycles. The summed E-state index contributed by atoms with van der Waals surface area (Å²) in [5, 5.41) is 3.09. The standard InChI is InChI=1S/C13H20N2OS/c14-11(17)13(3-4-13)12(16)15-7-10-6-8-1-2-9(10)5-8/h8-10H,1-7H2,(H2,14,17)(H,15,16). The van der Waals surface area contributed by atoms with Crippen LogP contribution in [0.15, 0.2) is 0 Å². The second-order valence-electron chi connectivity index (χ2n) is 6.09. The Hall–Kier alpha value is -0.640. The number of nitrogens with two attached hydrogens (primary N) is 1. The Balaban J connectivity index is 1.52. The van der Waals surface area contributed by atoms with Crippen LogP contribution in [-0.2, 0) is 4.79 Å². The molecule has 1 amide bonds. The highest BCUT2D eigenvalue weighted by Gasteiger charge is 2.53. The number of amides is 1. The molecule has 3 aliphatic carbocycles. The molecule has 2 bridgehead atoms. The first kappa shape index (κ1) is 11.5. The molecule has 4 heteroatoms. The summed E-state index contributed by atoms with van der Waals surface area (Å²) in [6, 6.07) is 0. The Labute approximate surface area is 108 Å². The number of carbonyl (C=O) groups excluding carboxylic acids is 1. The molecule has 0 saturated heterocycles. The van der Waals surface area contributed by atoms with Gasteiger partial charge >= 0.3 is 0 Å². The van der Waals surface area contributed by atoms with Gasteiger partial charge in [-0.2, -0.15) is 0 Å². The minimum absolute atomic E-state index is 0.0766. The number of rotatable bonds is 4. The van der Waals surface area contributed by atoms with E-state index in [0.29, 0.717) is 10.9 Å². The van der Waals surface area contributed by atoms with Crippen LogP contribution in [0, 0.1) is 23.2 Å². The van der Waals surface area contributed by atoms with Crippen molar-refractivity contribution in [1.82, 2.24) is 5.32 Å². The smallest absolute Gasteiger partial charge is 0.233 e. The molecule has 0 aromatic carbocycles. The molecular formula is C13H20N2OS. The van der Waals surface area contributed by atoms with Gasteiger partial charge < -0.3 is 11.1 Å². The maximum atomic E-state index is 12.1. The Morgan fingerprint density at radius 1 is 1.35 bits per heavy atom. The van der Waals surface area contributed by atoms with Gasteiger partial charge in [-0.3, -0.25) is 4.79 Å². The molecule has 94 valence electrons. The molecule has 0 spiro atoms. The fourth-order valence-corrected chi connectivity index (χ4v) is 4.03. The third-order valence-electron chi connectivity index (χ3n) is 5.07. The molecule has 17 heavy (non-hydrogen) atoms. The summed E-state index contributed by atoms with van der Waals surface area (Å²) >= 11 is 4.99. The first-order chi connectivity index (χ1) is 8.12. The lowest BCUT2D eigenvalue weighted by Gasteiger charge is -2.23. The van der Waals surface area contributed by atoms with E-state index in [2.05, 4.69) is 5.32 Å². The topological polar surface area (TPSA) is 55.1 Å². The van der Waals surface area contributed by atoms with E-state index in [4.69, 9.17) is 18.0 Å². The van der Waals surface area contributed by atoms with Crippen molar-refractivity contribution in [3.8, 4) is 0 Å². The van der Waals surface area contributed by atoms with E-state index in [1.807, 2.05) is 0 Å². The van der Waals surface area contributed by atoms with Crippen molar-refractivity contribution in [2.75, 3.05) is 6.54 Å². The van der Waals surface area contributed by atoms with Gasteiger partial charge in [0.05, 0.1) is 10.4 Å². The molecule has 0 radical (unpaired) electrons. The summed E-state index contributed by atoms with van der Waals surface area (Å²) in [5.74, 6) is 2.58. The van der Waals surface area contributed by atoms with Crippen molar-refractivity contribution >= 4 is 23.1 Å². The molecule has 3 atom stereocenters. The van der Waals surface area contributed by atoms with Crippen LogP contribution < -0.4 is 11.1 Å². The molecule has 0 aromatic rings. The van der Waals surface area contributed by atoms with Crippen molar-refractivity contribution in [3.05, 3.63) is 0 Å². The van der Waals surface area contributed by atoms with Crippen LogP contribution in [0.5, 0.6) is 0 Å². The van der Waals surface area contributed by atoms with E-state index in [0.717, 1.165) is 31.2 Å². The van der Waals surface area contributed by atoms with Crippen molar-refractivity contribution in [2.24, 2.45) is 28.9 Å². The fraction of sp³-hybridized carbons (Fsp3) is 0.846. The lowest BCUT2D eigenvalue weighted by Crippen LogP contribution is -2.42. The van der Waals surface area contributed by atoms with Gasteiger partial charge in [0.2, 0.25) is 5.91 Å². The van der Waals surface area contributed by atoms with E-state index < -0.39 is 5.41 Å². The number of hydrogen-bond donors (Lipinski definition) is 2. The van der Waals surface area contributed by atoms with Crippen LogP contribution in [0.1, 0.15) is 38.5 Å². The van der Waals surface area contributed by atoms with Crippen molar-refractivity contribution < 1.29 is 4.79 Å². The molecule has 0 aromatic heterocycles. The summed E-state index contributed by atoms with van der Waals surface area (Å²) in [5.41, 5.74) is 5.17. The van der Waals surface area contributed by atoms with Crippen LogP contribution in [0.3, 0.4) is 0 Å². The van der Waals surface area contributed by atoms with Gasteiger partial charge in [0.25, 0.3) is 0 Å². The van der Waals surface area contributed by atoms with Crippen LogP contribution in [0.25, 0.3) is 0 Å². The normalized spacial score (nSPS) is 36.8. The molecular weight excluding hydrogens is 232 g/mol.